The second-order valence-electron chi connectivity index (χ2n) is 4.89. The van der Waals surface area contributed by atoms with Gasteiger partial charge >= 0.3 is 5.97 Å². The highest BCUT2D eigenvalue weighted by atomic mass is 35.5. The van der Waals surface area contributed by atoms with Gasteiger partial charge in [0.2, 0.25) is 0 Å². The van der Waals surface area contributed by atoms with Gasteiger partial charge in [0.05, 0.1) is 18.9 Å². The van der Waals surface area contributed by atoms with Crippen LogP contribution in [0.4, 0.5) is 0 Å². The summed E-state index contributed by atoms with van der Waals surface area (Å²) in [5, 5.41) is 12.0. The minimum Gasteiger partial charge on any atom is -0.493 e. The van der Waals surface area contributed by atoms with Gasteiger partial charge in [0.1, 0.15) is 12.7 Å². The number of hydrogen-bond acceptors (Lipinski definition) is 6. The van der Waals surface area contributed by atoms with Crippen LogP contribution >= 0.6 is 11.6 Å². The molecule has 3 rings (SSSR count). The normalized spacial score (nSPS) is 10.8. The maximum Gasteiger partial charge on any atom is 0.343 e. The van der Waals surface area contributed by atoms with Gasteiger partial charge in [-0.15, -0.1) is 10.2 Å². The maximum atomic E-state index is 12.2. The van der Waals surface area contributed by atoms with Crippen LogP contribution in [0.25, 0.3) is 0 Å². The van der Waals surface area contributed by atoms with Gasteiger partial charge in [0, 0.05) is 5.02 Å². The van der Waals surface area contributed by atoms with Crippen molar-refractivity contribution in [3.8, 4) is 11.5 Å². The molecule has 0 aliphatic carbocycles. The average Bonchev–Trinajstić information content (AvgIpc) is 3.15. The Morgan fingerprint density at radius 1 is 1.12 bits per heavy atom. The Hall–Kier alpha value is -3.19. The van der Waals surface area contributed by atoms with Crippen molar-refractivity contribution in [3.63, 3.8) is 0 Å². The highest BCUT2D eigenvalue weighted by Crippen LogP contribution is 2.28. The number of carbonyl (C=O) groups excluding carboxylic acids is 1. The van der Waals surface area contributed by atoms with Crippen molar-refractivity contribution in [3.05, 3.63) is 71.3 Å². The molecule has 7 nitrogen and oxygen atoms in total. The fourth-order valence-electron chi connectivity index (χ4n) is 1.98. The van der Waals surface area contributed by atoms with E-state index in [2.05, 4.69) is 15.3 Å². The van der Waals surface area contributed by atoms with Gasteiger partial charge < -0.3 is 9.47 Å². The van der Waals surface area contributed by atoms with Crippen molar-refractivity contribution in [1.29, 1.82) is 0 Å². The molecule has 0 saturated heterocycles. The molecule has 25 heavy (non-hydrogen) atoms. The second kappa shape index (κ2) is 7.59. The van der Waals surface area contributed by atoms with Crippen molar-refractivity contribution in [2.45, 2.75) is 0 Å². The average molecular weight is 357 g/mol. The molecule has 0 fully saturated rings. The van der Waals surface area contributed by atoms with Crippen LogP contribution in [0.2, 0.25) is 5.02 Å². The van der Waals surface area contributed by atoms with Gasteiger partial charge in [0.25, 0.3) is 0 Å². The number of carbonyl (C=O) groups is 1. The van der Waals surface area contributed by atoms with E-state index in [0.29, 0.717) is 22.1 Å². The first-order valence-electron chi connectivity index (χ1n) is 7.20. The Bertz CT molecular complexity index is 893. The highest BCUT2D eigenvalue weighted by Gasteiger charge is 2.12. The molecule has 2 aromatic carbocycles. The quantitative estimate of drug-likeness (QED) is 0.399. The van der Waals surface area contributed by atoms with Gasteiger partial charge in [-0.2, -0.15) is 5.10 Å². The summed E-state index contributed by atoms with van der Waals surface area (Å²) in [4.78, 5) is 12.2. The molecule has 0 unspecified atom stereocenters. The summed E-state index contributed by atoms with van der Waals surface area (Å²) < 4.78 is 12.1. The van der Waals surface area contributed by atoms with E-state index in [9.17, 15) is 4.79 Å². The molecule has 0 spiro atoms. The number of ether oxygens (including phenoxy) is 2. The van der Waals surface area contributed by atoms with Crippen LogP contribution in [-0.4, -0.2) is 34.2 Å². The molecular formula is C17H13ClN4O3. The van der Waals surface area contributed by atoms with Gasteiger partial charge in [-0.05, 0) is 48.0 Å². The summed E-state index contributed by atoms with van der Waals surface area (Å²) in [6.07, 6.45) is 4.54. The van der Waals surface area contributed by atoms with E-state index in [-0.39, 0.29) is 0 Å². The summed E-state index contributed by atoms with van der Waals surface area (Å²) in [7, 11) is 1.50. The Balaban J connectivity index is 1.77. The number of rotatable bonds is 5. The number of nitrogens with zero attached hydrogens (tertiary/aromatic N) is 4. The van der Waals surface area contributed by atoms with E-state index in [4.69, 9.17) is 21.1 Å². The third kappa shape index (κ3) is 4.21. The standard InChI is InChI=1S/C17H13ClN4O3/c1-24-16-8-12(9-21-22-10-19-20-11-22)2-7-15(16)25-17(23)13-3-5-14(18)6-4-13/h2-11H,1H3/b21-9-. The van der Waals surface area contributed by atoms with E-state index in [1.807, 2.05) is 0 Å². The van der Waals surface area contributed by atoms with Crippen LogP contribution in [0, 0.1) is 0 Å². The van der Waals surface area contributed by atoms with Crippen LogP contribution < -0.4 is 9.47 Å². The van der Waals surface area contributed by atoms with Gasteiger partial charge in [-0.1, -0.05) is 11.6 Å². The van der Waals surface area contributed by atoms with Gasteiger partial charge in [0.15, 0.2) is 11.5 Å². The zero-order valence-electron chi connectivity index (χ0n) is 13.2. The molecule has 0 saturated carbocycles. The summed E-state index contributed by atoms with van der Waals surface area (Å²) >= 11 is 5.81. The molecule has 0 radical (unpaired) electrons. The van der Waals surface area contributed by atoms with Gasteiger partial charge in [-0.3, -0.25) is 0 Å². The molecule has 3 aromatic rings. The summed E-state index contributed by atoms with van der Waals surface area (Å²) in [6, 6.07) is 11.5. The number of aromatic nitrogens is 3. The zero-order chi connectivity index (χ0) is 17.6. The van der Waals surface area contributed by atoms with Crippen molar-refractivity contribution in [1.82, 2.24) is 14.9 Å². The maximum absolute atomic E-state index is 12.2. The van der Waals surface area contributed by atoms with E-state index >= 15 is 0 Å². The van der Waals surface area contributed by atoms with Gasteiger partial charge in [-0.25, -0.2) is 9.47 Å². The number of esters is 1. The zero-order valence-corrected chi connectivity index (χ0v) is 13.9. The van der Waals surface area contributed by atoms with Crippen LogP contribution in [0.5, 0.6) is 11.5 Å². The van der Waals surface area contributed by atoms with Crippen molar-refractivity contribution in [2.24, 2.45) is 5.10 Å². The predicted octanol–water partition coefficient (Wildman–Crippen LogP) is 3.04. The number of halogens is 1. The molecule has 0 amide bonds. The fraction of sp³-hybridized carbons (Fsp3) is 0.0588. The lowest BCUT2D eigenvalue weighted by molar-refractivity contribution is 0.0729. The third-order valence-electron chi connectivity index (χ3n) is 3.22. The smallest absolute Gasteiger partial charge is 0.343 e. The lowest BCUT2D eigenvalue weighted by Crippen LogP contribution is -2.09. The SMILES string of the molecule is COc1cc(/C=N\n2cnnc2)ccc1OC(=O)c1ccc(Cl)cc1. The van der Waals surface area contributed by atoms with Crippen LogP contribution in [0.3, 0.4) is 0 Å². The Morgan fingerprint density at radius 2 is 1.84 bits per heavy atom. The number of methoxy groups -OCH3 is 1. The van der Waals surface area contributed by atoms with Crippen LogP contribution in [0.15, 0.2) is 60.2 Å². The summed E-state index contributed by atoms with van der Waals surface area (Å²) in [5.74, 6) is 0.222. The van der Waals surface area contributed by atoms with Crippen molar-refractivity contribution < 1.29 is 14.3 Å². The molecule has 1 aromatic heterocycles. The molecule has 0 bridgehead atoms. The lowest BCUT2D eigenvalue weighted by atomic mass is 10.2. The Kier molecular flexibility index (Phi) is 5.06. The lowest BCUT2D eigenvalue weighted by Gasteiger charge is -2.10. The fourth-order valence-corrected chi connectivity index (χ4v) is 2.11. The Morgan fingerprint density at radius 3 is 2.52 bits per heavy atom. The molecule has 1 heterocycles. The van der Waals surface area contributed by atoms with Crippen molar-refractivity contribution >= 4 is 23.8 Å². The van der Waals surface area contributed by atoms with E-state index in [0.717, 1.165) is 5.56 Å². The second-order valence-corrected chi connectivity index (χ2v) is 5.33. The minimum atomic E-state index is -0.499. The van der Waals surface area contributed by atoms with Crippen molar-refractivity contribution in [2.75, 3.05) is 7.11 Å². The molecule has 0 atom stereocenters. The molecule has 0 aliphatic heterocycles. The van der Waals surface area contributed by atoms with Crippen LogP contribution in [-0.2, 0) is 0 Å². The minimum absolute atomic E-state index is 0.309. The first kappa shape index (κ1) is 16.7. The van der Waals surface area contributed by atoms with E-state index < -0.39 is 5.97 Å². The molecular weight excluding hydrogens is 344 g/mol. The Labute approximate surface area is 148 Å². The topological polar surface area (TPSA) is 78.6 Å². The first-order chi connectivity index (χ1) is 12.2. The predicted molar refractivity (Wildman–Crippen MR) is 92.4 cm³/mol. The van der Waals surface area contributed by atoms with E-state index in [1.165, 1.54) is 24.4 Å². The third-order valence-corrected chi connectivity index (χ3v) is 3.47. The van der Waals surface area contributed by atoms with Crippen LogP contribution in [0.1, 0.15) is 15.9 Å². The van der Waals surface area contributed by atoms with E-state index in [1.54, 1.807) is 48.7 Å². The summed E-state index contributed by atoms with van der Waals surface area (Å²) in [6.45, 7) is 0. The largest absolute Gasteiger partial charge is 0.493 e. The molecule has 0 aliphatic rings. The number of benzene rings is 2. The molecule has 0 N–H and O–H groups in total. The first-order valence-corrected chi connectivity index (χ1v) is 7.58. The monoisotopic (exact) mass is 356 g/mol. The number of hydrogen-bond donors (Lipinski definition) is 0. The highest BCUT2D eigenvalue weighted by molar-refractivity contribution is 6.30. The summed E-state index contributed by atoms with van der Waals surface area (Å²) in [5.41, 5.74) is 1.15. The molecule has 8 heteroatoms. The molecule has 126 valence electrons.